The van der Waals surface area contributed by atoms with E-state index in [9.17, 15) is 19.8 Å². The number of rotatable bonds is 14. The zero-order chi connectivity index (χ0) is 33.9. The van der Waals surface area contributed by atoms with Gasteiger partial charge in [0.15, 0.2) is 5.69 Å². The van der Waals surface area contributed by atoms with E-state index in [2.05, 4.69) is 51.8 Å². The van der Waals surface area contributed by atoms with Crippen molar-refractivity contribution < 1.29 is 24.5 Å². The smallest absolute Gasteiger partial charge is 0.326 e. The zero-order valence-electron chi connectivity index (χ0n) is 26.2. The minimum absolute atomic E-state index is 0.0525. The number of hydrogen-bond donors (Lipinski definition) is 5. The normalized spacial score (nSPS) is 13.7. The maximum absolute atomic E-state index is 12.8. The Bertz CT molecular complexity index is 1760. The Labute approximate surface area is 276 Å². The maximum Gasteiger partial charge on any atom is 0.326 e. The average molecular weight is 654 g/mol. The maximum atomic E-state index is 12.8. The van der Waals surface area contributed by atoms with Crippen LogP contribution in [0.25, 0.3) is 0 Å². The minimum atomic E-state index is -1.09. The van der Waals surface area contributed by atoms with Crippen LogP contribution in [0.4, 0.5) is 23.5 Å². The number of nitrogens with one attached hydrogen (secondary N) is 3. The molecule has 5 N–H and O–H groups in total. The van der Waals surface area contributed by atoms with E-state index in [0.29, 0.717) is 57.1 Å². The molecule has 248 valence electrons. The van der Waals surface area contributed by atoms with Crippen LogP contribution in [0.3, 0.4) is 0 Å². The number of aromatic hydroxyl groups is 1. The summed E-state index contributed by atoms with van der Waals surface area (Å²) in [4.78, 5) is 49.8. The van der Waals surface area contributed by atoms with Crippen molar-refractivity contribution in [3.05, 3.63) is 83.3 Å². The molecular formula is C32H35N11O5. The molecule has 1 aliphatic heterocycles. The van der Waals surface area contributed by atoms with Crippen LogP contribution in [-0.2, 0) is 22.5 Å². The highest BCUT2D eigenvalue weighted by Crippen LogP contribution is 2.20. The fourth-order valence-electron chi connectivity index (χ4n) is 5.02. The number of piperazine rings is 1. The number of nitrogens with zero attached hydrogens (tertiary/aromatic N) is 8. The molecule has 1 saturated heterocycles. The molecule has 48 heavy (non-hydrogen) atoms. The molecule has 1 atom stereocenters. The van der Waals surface area contributed by atoms with Gasteiger partial charge in [0.05, 0.1) is 18.2 Å². The number of ether oxygens (including phenoxy) is 1. The first-order chi connectivity index (χ1) is 23.3. The summed E-state index contributed by atoms with van der Waals surface area (Å²) in [6.45, 7) is 3.69. The molecule has 1 fully saturated rings. The number of aliphatic carboxylic acids is 1. The minimum Gasteiger partial charge on any atom is -0.492 e. The van der Waals surface area contributed by atoms with Crippen molar-refractivity contribution in [1.29, 1.82) is 5.26 Å². The van der Waals surface area contributed by atoms with E-state index in [1.165, 1.54) is 12.4 Å². The SMILES string of the molecule is COCCNc1nc(Nc2cccc(CN3CCN(C(=O)c4nccnc4O)CC3)c2)nc(N[C@@H](Cc2ccc(C#N)cc2)C(=O)O)n1. The highest BCUT2D eigenvalue weighted by atomic mass is 16.5. The number of carbonyl (C=O) groups is 2. The van der Waals surface area contributed by atoms with Gasteiger partial charge in [-0.2, -0.15) is 20.2 Å². The van der Waals surface area contributed by atoms with Gasteiger partial charge in [-0.15, -0.1) is 0 Å². The third kappa shape index (κ3) is 9.09. The summed E-state index contributed by atoms with van der Waals surface area (Å²) in [6, 6.07) is 15.4. The van der Waals surface area contributed by atoms with E-state index >= 15 is 0 Å². The van der Waals surface area contributed by atoms with Crippen LogP contribution >= 0.6 is 0 Å². The molecule has 16 heteroatoms. The van der Waals surface area contributed by atoms with Gasteiger partial charge in [-0.3, -0.25) is 9.69 Å². The largest absolute Gasteiger partial charge is 0.492 e. The van der Waals surface area contributed by atoms with Crippen molar-refractivity contribution in [1.82, 2.24) is 34.7 Å². The number of amides is 1. The number of nitriles is 1. The fraction of sp³-hybridized carbons (Fsp3) is 0.312. The van der Waals surface area contributed by atoms with Crippen molar-refractivity contribution in [2.24, 2.45) is 0 Å². The first-order valence-electron chi connectivity index (χ1n) is 15.2. The average Bonchev–Trinajstić information content (AvgIpc) is 3.09. The molecule has 5 rings (SSSR count). The predicted octanol–water partition coefficient (Wildman–Crippen LogP) is 2.11. The second-order valence-corrected chi connectivity index (χ2v) is 10.9. The van der Waals surface area contributed by atoms with E-state index < -0.39 is 12.0 Å². The van der Waals surface area contributed by atoms with Crippen LogP contribution in [0.2, 0.25) is 0 Å². The molecule has 2 aromatic heterocycles. The van der Waals surface area contributed by atoms with Crippen LogP contribution in [0, 0.1) is 11.3 Å². The number of carbonyl (C=O) groups excluding carboxylic acids is 1. The van der Waals surface area contributed by atoms with Crippen molar-refractivity contribution in [2.45, 2.75) is 19.0 Å². The van der Waals surface area contributed by atoms with Crippen molar-refractivity contribution in [2.75, 3.05) is 62.4 Å². The lowest BCUT2D eigenvalue weighted by molar-refractivity contribution is -0.137. The lowest BCUT2D eigenvalue weighted by Crippen LogP contribution is -2.48. The number of benzene rings is 2. The van der Waals surface area contributed by atoms with Gasteiger partial charge in [0, 0.05) is 70.9 Å². The van der Waals surface area contributed by atoms with Gasteiger partial charge in [0.2, 0.25) is 23.7 Å². The Kier molecular flexibility index (Phi) is 11.2. The van der Waals surface area contributed by atoms with Crippen LogP contribution < -0.4 is 16.0 Å². The lowest BCUT2D eigenvalue weighted by Gasteiger charge is -2.34. The molecule has 0 radical (unpaired) electrons. The van der Waals surface area contributed by atoms with Crippen LogP contribution in [0.1, 0.15) is 27.2 Å². The van der Waals surface area contributed by atoms with Crippen LogP contribution in [0.15, 0.2) is 60.9 Å². The molecular weight excluding hydrogens is 618 g/mol. The van der Waals surface area contributed by atoms with E-state index in [1.807, 2.05) is 24.3 Å². The van der Waals surface area contributed by atoms with Crippen molar-refractivity contribution in [3.8, 4) is 11.9 Å². The molecule has 1 amide bonds. The van der Waals surface area contributed by atoms with Gasteiger partial charge < -0.3 is 35.8 Å². The van der Waals surface area contributed by atoms with Gasteiger partial charge in [-0.05, 0) is 35.4 Å². The molecule has 3 heterocycles. The fourth-order valence-corrected chi connectivity index (χ4v) is 5.02. The number of hydrogen-bond acceptors (Lipinski definition) is 14. The molecule has 1 aliphatic rings. The van der Waals surface area contributed by atoms with E-state index in [4.69, 9.17) is 10.00 Å². The monoisotopic (exact) mass is 653 g/mol. The van der Waals surface area contributed by atoms with Crippen molar-refractivity contribution in [3.63, 3.8) is 0 Å². The lowest BCUT2D eigenvalue weighted by atomic mass is 10.0. The Morgan fingerprint density at radius 1 is 0.979 bits per heavy atom. The quantitative estimate of drug-likeness (QED) is 0.123. The second-order valence-electron chi connectivity index (χ2n) is 10.9. The molecule has 0 spiro atoms. The third-order valence-electron chi connectivity index (χ3n) is 7.48. The Balaban J connectivity index is 1.25. The highest BCUT2D eigenvalue weighted by Gasteiger charge is 2.25. The van der Waals surface area contributed by atoms with E-state index in [1.54, 1.807) is 36.3 Å². The molecule has 0 saturated carbocycles. The predicted molar refractivity (Wildman–Crippen MR) is 175 cm³/mol. The standard InChI is InChI=1S/C32H35N11O5/c1-48-16-11-36-30-39-31(41-32(40-30)38-25(29(46)47)18-21-5-7-22(19-33)8-6-21)37-24-4-2-3-23(17-24)20-42-12-14-43(15-13-42)28(45)26-27(44)35-10-9-34-26/h2-10,17,25H,11-16,18,20H2,1H3,(H,35,44)(H,46,47)(H3,36,37,38,39,40,41)/t25-/m0/s1. The molecule has 2 aromatic carbocycles. The number of carboxylic acid groups (broad SMARTS) is 1. The summed E-state index contributed by atoms with van der Waals surface area (Å²) in [5.41, 5.74) is 2.90. The number of anilines is 4. The van der Waals surface area contributed by atoms with Crippen LogP contribution in [0.5, 0.6) is 5.88 Å². The zero-order valence-corrected chi connectivity index (χ0v) is 26.2. The molecule has 0 aliphatic carbocycles. The van der Waals surface area contributed by atoms with Gasteiger partial charge in [0.1, 0.15) is 6.04 Å². The van der Waals surface area contributed by atoms with Gasteiger partial charge in [-0.1, -0.05) is 24.3 Å². The van der Waals surface area contributed by atoms with Gasteiger partial charge in [0.25, 0.3) is 5.91 Å². The Morgan fingerprint density at radius 3 is 2.42 bits per heavy atom. The summed E-state index contributed by atoms with van der Waals surface area (Å²) in [5, 5.41) is 38.1. The number of carboxylic acids is 1. The molecule has 0 unspecified atom stereocenters. The summed E-state index contributed by atoms with van der Waals surface area (Å²) < 4.78 is 5.12. The molecule has 16 nitrogen and oxygen atoms in total. The van der Waals surface area contributed by atoms with Crippen molar-refractivity contribution >= 4 is 35.4 Å². The highest BCUT2D eigenvalue weighted by molar-refractivity contribution is 5.94. The third-order valence-corrected chi connectivity index (χ3v) is 7.48. The summed E-state index contributed by atoms with van der Waals surface area (Å²) in [7, 11) is 1.58. The summed E-state index contributed by atoms with van der Waals surface area (Å²) in [6.07, 6.45) is 2.84. The number of aromatic nitrogens is 5. The molecule has 0 bridgehead atoms. The summed E-state index contributed by atoms with van der Waals surface area (Å²) >= 11 is 0. The van der Waals surface area contributed by atoms with E-state index in [0.717, 1.165) is 11.1 Å². The number of methoxy groups -OCH3 is 1. The molecule has 4 aromatic rings. The Hall–Kier alpha value is -5.92. The van der Waals surface area contributed by atoms with Crippen LogP contribution in [-0.4, -0.2) is 109 Å². The summed E-state index contributed by atoms with van der Waals surface area (Å²) in [5.74, 6) is -1.32. The topological polar surface area (TPSA) is 215 Å². The Morgan fingerprint density at radius 2 is 1.71 bits per heavy atom. The first kappa shape index (κ1) is 33.4. The first-order valence-corrected chi connectivity index (χ1v) is 15.2. The van der Waals surface area contributed by atoms with Gasteiger partial charge in [-0.25, -0.2) is 14.8 Å². The van der Waals surface area contributed by atoms with E-state index in [-0.39, 0.29) is 41.7 Å². The van der Waals surface area contributed by atoms with Gasteiger partial charge >= 0.3 is 5.97 Å². The second kappa shape index (κ2) is 16.1.